The highest BCUT2D eigenvalue weighted by atomic mass is 32.2. The molecule has 0 saturated heterocycles. The van der Waals surface area contributed by atoms with Crippen molar-refractivity contribution >= 4 is 15.8 Å². The second-order valence-electron chi connectivity index (χ2n) is 7.64. The first-order valence-corrected chi connectivity index (χ1v) is 11.7. The maximum absolute atomic E-state index is 13.2. The Balaban J connectivity index is 1.59. The van der Waals surface area contributed by atoms with Crippen molar-refractivity contribution < 1.29 is 17.9 Å². The van der Waals surface area contributed by atoms with Crippen molar-refractivity contribution in [3.05, 3.63) is 114 Å². The van der Waals surface area contributed by atoms with Crippen LogP contribution in [0.1, 0.15) is 30.1 Å². The highest BCUT2D eigenvalue weighted by Gasteiger charge is 2.49. The van der Waals surface area contributed by atoms with Gasteiger partial charge in [-0.15, -0.1) is 0 Å². The Hall–Kier alpha value is -3.69. The summed E-state index contributed by atoms with van der Waals surface area (Å²) < 4.78 is 30.6. The molecule has 1 aliphatic carbocycles. The van der Waals surface area contributed by atoms with Crippen molar-refractivity contribution in [1.82, 2.24) is 0 Å². The fourth-order valence-electron chi connectivity index (χ4n) is 3.84. The van der Waals surface area contributed by atoms with Gasteiger partial charge in [0, 0.05) is 12.0 Å². The van der Waals surface area contributed by atoms with E-state index in [1.165, 1.54) is 18.2 Å². The second kappa shape index (κ2) is 8.81. The van der Waals surface area contributed by atoms with Gasteiger partial charge < -0.3 is 4.74 Å². The number of hydrogen-bond acceptors (Lipinski definition) is 5. The minimum atomic E-state index is -3.97. The molecule has 0 heterocycles. The maximum atomic E-state index is 13.2. The lowest BCUT2D eigenvalue weighted by Gasteiger charge is -2.22. The van der Waals surface area contributed by atoms with Crippen molar-refractivity contribution in [2.75, 3.05) is 0 Å². The summed E-state index contributed by atoms with van der Waals surface area (Å²) in [6.07, 6.45) is 0.593. The molecule has 0 N–H and O–H groups in total. The minimum Gasteiger partial charge on any atom is -0.449 e. The molecule has 0 radical (unpaired) electrons. The molecule has 1 aliphatic rings. The monoisotopic (exact) mass is 443 g/mol. The van der Waals surface area contributed by atoms with E-state index >= 15 is 0 Å². The Kier molecular flexibility index (Phi) is 5.93. The predicted molar refractivity (Wildman–Crippen MR) is 120 cm³/mol. The smallest absolute Gasteiger partial charge is 0.334 e. The zero-order chi connectivity index (χ0) is 22.6. The van der Waals surface area contributed by atoms with Crippen LogP contribution in [0, 0.1) is 11.3 Å². The third kappa shape index (κ3) is 3.95. The van der Waals surface area contributed by atoms with Crippen LogP contribution in [0.5, 0.6) is 0 Å². The minimum absolute atomic E-state index is 0.0630. The van der Waals surface area contributed by atoms with Gasteiger partial charge in [-0.2, -0.15) is 5.26 Å². The molecule has 0 bridgehead atoms. The topological polar surface area (TPSA) is 84.2 Å². The zero-order valence-electron chi connectivity index (χ0n) is 17.2. The van der Waals surface area contributed by atoms with Crippen LogP contribution in [0.25, 0.3) is 0 Å². The molecule has 3 aromatic carbocycles. The Morgan fingerprint density at radius 1 is 0.875 bits per heavy atom. The van der Waals surface area contributed by atoms with Crippen molar-refractivity contribution in [2.24, 2.45) is 0 Å². The zero-order valence-corrected chi connectivity index (χ0v) is 18.0. The molecule has 0 spiro atoms. The average Bonchev–Trinajstić information content (AvgIpc) is 3.31. The molecule has 0 fully saturated rings. The van der Waals surface area contributed by atoms with Gasteiger partial charge in [0.1, 0.15) is 0 Å². The Morgan fingerprint density at radius 3 is 1.88 bits per heavy atom. The number of rotatable bonds is 6. The van der Waals surface area contributed by atoms with Gasteiger partial charge >= 0.3 is 5.97 Å². The number of hydrogen-bond donors (Lipinski definition) is 0. The van der Waals surface area contributed by atoms with Gasteiger partial charge in [-0.3, -0.25) is 0 Å². The lowest BCUT2D eigenvalue weighted by molar-refractivity contribution is -0.142. The van der Waals surface area contributed by atoms with E-state index in [0.29, 0.717) is 0 Å². The standard InChI is InChI=1S/C26H21NO4S/c27-19-26(32(29,30)23-14-8-3-9-15-23)17-16-22(18-26)25(28)31-24(20-10-4-1-5-11-20)21-12-6-2-7-13-21/h1-16,24H,17-18H2/t26-/m0/s1. The van der Waals surface area contributed by atoms with Gasteiger partial charge in [0.15, 0.2) is 20.7 Å². The number of carbonyl (C=O) groups is 1. The van der Waals surface area contributed by atoms with E-state index in [2.05, 4.69) is 0 Å². The number of nitrogens with zero attached hydrogens (tertiary/aromatic N) is 1. The van der Waals surface area contributed by atoms with Crippen molar-refractivity contribution in [1.29, 1.82) is 5.26 Å². The molecule has 0 aromatic heterocycles. The van der Waals surface area contributed by atoms with E-state index in [9.17, 15) is 18.5 Å². The van der Waals surface area contributed by atoms with Crippen molar-refractivity contribution in [2.45, 2.75) is 28.6 Å². The van der Waals surface area contributed by atoms with E-state index < -0.39 is 26.7 Å². The molecular weight excluding hydrogens is 422 g/mol. The van der Waals surface area contributed by atoms with E-state index in [-0.39, 0.29) is 23.3 Å². The van der Waals surface area contributed by atoms with Crippen LogP contribution in [0.3, 0.4) is 0 Å². The molecule has 1 atom stereocenters. The van der Waals surface area contributed by atoms with E-state index in [1.807, 2.05) is 66.7 Å². The maximum Gasteiger partial charge on any atom is 0.334 e. The lowest BCUT2D eigenvalue weighted by Crippen LogP contribution is -2.35. The summed E-state index contributed by atoms with van der Waals surface area (Å²) in [4.78, 5) is 13.1. The third-order valence-electron chi connectivity index (χ3n) is 5.62. The largest absolute Gasteiger partial charge is 0.449 e. The molecule has 0 aliphatic heterocycles. The fraction of sp³-hybridized carbons (Fsp3) is 0.154. The van der Waals surface area contributed by atoms with Gasteiger partial charge in [-0.25, -0.2) is 13.2 Å². The molecule has 0 unspecified atom stereocenters. The molecule has 3 aromatic rings. The quantitative estimate of drug-likeness (QED) is 0.512. The van der Waals surface area contributed by atoms with Crippen LogP contribution < -0.4 is 0 Å². The summed E-state index contributed by atoms with van der Waals surface area (Å²) in [6, 6.07) is 28.5. The number of benzene rings is 3. The van der Waals surface area contributed by atoms with Gasteiger partial charge in [0.25, 0.3) is 0 Å². The van der Waals surface area contributed by atoms with Crippen LogP contribution in [-0.2, 0) is 19.4 Å². The molecular formula is C26H21NO4S. The average molecular weight is 444 g/mol. The molecule has 160 valence electrons. The van der Waals surface area contributed by atoms with Gasteiger partial charge in [0.2, 0.25) is 0 Å². The number of ether oxygens (including phenoxy) is 1. The number of sulfone groups is 1. The van der Waals surface area contributed by atoms with Crippen LogP contribution in [-0.4, -0.2) is 19.1 Å². The highest BCUT2D eigenvalue weighted by Crippen LogP contribution is 2.40. The first-order chi connectivity index (χ1) is 15.5. The summed E-state index contributed by atoms with van der Waals surface area (Å²) in [5.74, 6) is -0.622. The van der Waals surface area contributed by atoms with Crippen LogP contribution in [0.15, 0.2) is 108 Å². The number of nitriles is 1. The normalized spacial score (nSPS) is 18.1. The summed E-state index contributed by atoms with van der Waals surface area (Å²) >= 11 is 0. The Morgan fingerprint density at radius 2 is 1.38 bits per heavy atom. The number of allylic oxidation sites excluding steroid dienone is 1. The SMILES string of the molecule is N#C[C@]1(S(=O)(=O)c2ccccc2)CC=C(C(=O)OC(c2ccccc2)c2ccccc2)C1. The van der Waals surface area contributed by atoms with Crippen molar-refractivity contribution in [3.8, 4) is 6.07 Å². The van der Waals surface area contributed by atoms with E-state index in [1.54, 1.807) is 18.2 Å². The molecule has 0 amide bonds. The number of carbonyl (C=O) groups excluding carboxylic acids is 1. The number of esters is 1. The van der Waals surface area contributed by atoms with Gasteiger partial charge in [-0.1, -0.05) is 84.9 Å². The van der Waals surface area contributed by atoms with E-state index in [4.69, 9.17) is 4.74 Å². The van der Waals surface area contributed by atoms with Crippen LogP contribution in [0.4, 0.5) is 0 Å². The van der Waals surface area contributed by atoms with Gasteiger partial charge in [0.05, 0.1) is 11.0 Å². The van der Waals surface area contributed by atoms with Gasteiger partial charge in [-0.05, 0) is 29.7 Å². The Bertz CT molecular complexity index is 1240. The summed E-state index contributed by atoms with van der Waals surface area (Å²) in [6.45, 7) is 0. The molecule has 0 saturated carbocycles. The molecule has 4 rings (SSSR count). The molecule has 6 heteroatoms. The first kappa shape index (κ1) is 21.5. The summed E-state index contributed by atoms with van der Waals surface area (Å²) in [5.41, 5.74) is 1.80. The summed E-state index contributed by atoms with van der Waals surface area (Å²) in [5, 5.41) is 9.84. The summed E-state index contributed by atoms with van der Waals surface area (Å²) in [7, 11) is -3.97. The van der Waals surface area contributed by atoms with Crippen molar-refractivity contribution in [3.63, 3.8) is 0 Å². The highest BCUT2D eigenvalue weighted by molar-refractivity contribution is 7.93. The second-order valence-corrected chi connectivity index (χ2v) is 9.90. The lowest BCUT2D eigenvalue weighted by atomic mass is 10.0. The van der Waals surface area contributed by atoms with E-state index in [0.717, 1.165) is 11.1 Å². The molecule has 32 heavy (non-hydrogen) atoms. The van der Waals surface area contributed by atoms with Crippen LogP contribution >= 0.6 is 0 Å². The van der Waals surface area contributed by atoms with Crippen LogP contribution in [0.2, 0.25) is 0 Å². The Labute approximate surface area is 187 Å². The first-order valence-electron chi connectivity index (χ1n) is 10.2. The fourth-order valence-corrected chi connectivity index (χ4v) is 5.57. The molecule has 5 nitrogen and oxygen atoms in total. The predicted octanol–water partition coefficient (Wildman–Crippen LogP) is 4.78. The third-order valence-corrected chi connectivity index (χ3v) is 7.94.